The molecule has 1 heterocycles. The molecule has 0 radical (unpaired) electrons. The van der Waals surface area contributed by atoms with Crippen molar-refractivity contribution in [1.29, 1.82) is 0 Å². The molecule has 0 spiro atoms. The van der Waals surface area contributed by atoms with E-state index in [2.05, 4.69) is 0 Å². The van der Waals surface area contributed by atoms with Crippen molar-refractivity contribution in [1.82, 2.24) is 0 Å². The zero-order valence-corrected chi connectivity index (χ0v) is 9.60. The second-order valence-electron chi connectivity index (χ2n) is 3.73. The lowest BCUT2D eigenvalue weighted by molar-refractivity contribution is -0.142. The van der Waals surface area contributed by atoms with Gasteiger partial charge >= 0.3 is 5.97 Å². The number of hydrogen-bond acceptors (Lipinski definition) is 4. The van der Waals surface area contributed by atoms with E-state index in [4.69, 9.17) is 14.3 Å². The normalized spacial score (nSPS) is 10.7. The molecule has 1 aromatic heterocycles. The van der Waals surface area contributed by atoms with E-state index in [1.165, 1.54) is 0 Å². The van der Waals surface area contributed by atoms with Gasteiger partial charge in [0.2, 0.25) is 0 Å². The van der Waals surface area contributed by atoms with Gasteiger partial charge in [0.15, 0.2) is 0 Å². The number of rotatable bonds is 4. The fourth-order valence-corrected chi connectivity index (χ4v) is 1.73. The Morgan fingerprint density at radius 2 is 2.29 bits per heavy atom. The van der Waals surface area contributed by atoms with Crippen LogP contribution in [0.15, 0.2) is 28.9 Å². The van der Waals surface area contributed by atoms with Crippen molar-refractivity contribution in [3.8, 4) is 0 Å². The molecule has 1 aromatic carbocycles. The molecule has 0 saturated heterocycles. The maximum Gasteiger partial charge on any atom is 0.310 e. The lowest BCUT2D eigenvalue weighted by Gasteiger charge is -2.00. The maximum absolute atomic E-state index is 11.4. The summed E-state index contributed by atoms with van der Waals surface area (Å²) in [5, 5.41) is 9.89. The third-order valence-electron chi connectivity index (χ3n) is 2.54. The van der Waals surface area contributed by atoms with E-state index in [0.717, 1.165) is 16.5 Å². The highest BCUT2D eigenvalue weighted by Crippen LogP contribution is 2.23. The monoisotopic (exact) mass is 234 g/mol. The number of furan rings is 1. The van der Waals surface area contributed by atoms with Crippen LogP contribution in [0.3, 0.4) is 0 Å². The molecular weight excluding hydrogens is 220 g/mol. The Morgan fingerprint density at radius 1 is 1.47 bits per heavy atom. The number of fused-ring (bicyclic) bond motifs is 1. The molecule has 0 amide bonds. The van der Waals surface area contributed by atoms with Gasteiger partial charge in [0.1, 0.15) is 5.58 Å². The quantitative estimate of drug-likeness (QED) is 0.822. The van der Waals surface area contributed by atoms with Crippen LogP contribution in [0.5, 0.6) is 0 Å². The summed E-state index contributed by atoms with van der Waals surface area (Å²) in [6, 6.07) is 5.43. The average Bonchev–Trinajstić information content (AvgIpc) is 2.72. The number of carbonyl (C=O) groups is 1. The second-order valence-corrected chi connectivity index (χ2v) is 3.73. The summed E-state index contributed by atoms with van der Waals surface area (Å²) >= 11 is 0. The van der Waals surface area contributed by atoms with E-state index >= 15 is 0 Å². The number of ether oxygens (including phenoxy) is 1. The Morgan fingerprint density at radius 3 is 3.00 bits per heavy atom. The summed E-state index contributed by atoms with van der Waals surface area (Å²) in [5.74, 6) is -0.263. The van der Waals surface area contributed by atoms with Gasteiger partial charge in [-0.25, -0.2) is 0 Å². The van der Waals surface area contributed by atoms with Gasteiger partial charge in [0.25, 0.3) is 0 Å². The van der Waals surface area contributed by atoms with Crippen molar-refractivity contribution in [2.45, 2.75) is 20.0 Å². The zero-order chi connectivity index (χ0) is 12.3. The molecule has 0 saturated carbocycles. The second kappa shape index (κ2) is 5.01. The van der Waals surface area contributed by atoms with Gasteiger partial charge in [-0.05, 0) is 18.6 Å². The lowest BCUT2D eigenvalue weighted by Crippen LogP contribution is -2.06. The predicted octanol–water partition coefficient (Wildman–Crippen LogP) is 2.03. The van der Waals surface area contributed by atoms with Crippen LogP contribution in [0.25, 0.3) is 11.0 Å². The third-order valence-corrected chi connectivity index (χ3v) is 2.54. The van der Waals surface area contributed by atoms with Crippen molar-refractivity contribution in [2.75, 3.05) is 6.61 Å². The molecule has 90 valence electrons. The molecule has 0 unspecified atom stereocenters. The lowest BCUT2D eigenvalue weighted by atomic mass is 10.1. The molecule has 17 heavy (non-hydrogen) atoms. The summed E-state index contributed by atoms with van der Waals surface area (Å²) in [7, 11) is 0. The minimum atomic E-state index is -0.263. The molecule has 2 rings (SSSR count). The van der Waals surface area contributed by atoms with Crippen LogP contribution in [0.1, 0.15) is 18.1 Å². The molecular formula is C13H14O4. The summed E-state index contributed by atoms with van der Waals surface area (Å²) in [5.41, 5.74) is 2.27. The van der Waals surface area contributed by atoms with E-state index in [-0.39, 0.29) is 19.0 Å². The molecule has 0 fully saturated rings. The van der Waals surface area contributed by atoms with Gasteiger partial charge in [-0.15, -0.1) is 0 Å². The van der Waals surface area contributed by atoms with Crippen molar-refractivity contribution in [3.05, 3.63) is 35.6 Å². The molecule has 1 N–H and O–H groups in total. The van der Waals surface area contributed by atoms with E-state index in [1.807, 2.05) is 12.1 Å². The number of esters is 1. The molecule has 4 nitrogen and oxygen atoms in total. The Balaban J connectivity index is 2.27. The SMILES string of the molecule is CCOC(=O)Cc1coc2cc(CO)ccc12. The molecule has 0 aliphatic rings. The number of aliphatic hydroxyl groups excluding tert-OH is 1. The number of carbonyl (C=O) groups excluding carboxylic acids is 1. The first-order valence-corrected chi connectivity index (χ1v) is 5.50. The van der Waals surface area contributed by atoms with Crippen LogP contribution >= 0.6 is 0 Å². The van der Waals surface area contributed by atoms with Crippen LogP contribution in [-0.2, 0) is 22.6 Å². The van der Waals surface area contributed by atoms with Gasteiger partial charge in [-0.1, -0.05) is 12.1 Å². The Bertz CT molecular complexity index is 527. The van der Waals surface area contributed by atoms with Gasteiger partial charge in [0.05, 0.1) is 25.9 Å². The van der Waals surface area contributed by atoms with Crippen LogP contribution < -0.4 is 0 Å². The molecule has 0 atom stereocenters. The van der Waals surface area contributed by atoms with Crippen molar-refractivity contribution >= 4 is 16.9 Å². The van der Waals surface area contributed by atoms with Crippen LogP contribution in [0, 0.1) is 0 Å². The van der Waals surface area contributed by atoms with Gasteiger partial charge in [0, 0.05) is 10.9 Å². The van der Waals surface area contributed by atoms with Gasteiger partial charge in [-0.2, -0.15) is 0 Å². The van der Waals surface area contributed by atoms with Gasteiger partial charge in [-0.3, -0.25) is 4.79 Å². The maximum atomic E-state index is 11.4. The first-order chi connectivity index (χ1) is 8.24. The zero-order valence-electron chi connectivity index (χ0n) is 9.60. The minimum Gasteiger partial charge on any atom is -0.466 e. The van der Waals surface area contributed by atoms with E-state index in [9.17, 15) is 4.79 Å². The third kappa shape index (κ3) is 2.47. The van der Waals surface area contributed by atoms with Crippen LogP contribution in [0.4, 0.5) is 0 Å². The van der Waals surface area contributed by atoms with E-state index in [0.29, 0.717) is 12.2 Å². The van der Waals surface area contributed by atoms with Crippen molar-refractivity contribution < 1.29 is 19.1 Å². The highest BCUT2D eigenvalue weighted by Gasteiger charge is 2.11. The Kier molecular flexibility index (Phi) is 3.44. The summed E-state index contributed by atoms with van der Waals surface area (Å²) in [6.45, 7) is 2.13. The van der Waals surface area contributed by atoms with Crippen molar-refractivity contribution in [3.63, 3.8) is 0 Å². The average molecular weight is 234 g/mol. The summed E-state index contributed by atoms with van der Waals surface area (Å²) < 4.78 is 10.2. The van der Waals surface area contributed by atoms with Crippen LogP contribution in [-0.4, -0.2) is 17.7 Å². The van der Waals surface area contributed by atoms with Crippen LogP contribution in [0.2, 0.25) is 0 Å². The summed E-state index contributed by atoms with van der Waals surface area (Å²) in [4.78, 5) is 11.4. The molecule has 0 bridgehead atoms. The first-order valence-electron chi connectivity index (χ1n) is 5.50. The molecule has 0 aliphatic heterocycles. The predicted molar refractivity (Wildman–Crippen MR) is 62.5 cm³/mol. The molecule has 4 heteroatoms. The largest absolute Gasteiger partial charge is 0.466 e. The smallest absolute Gasteiger partial charge is 0.310 e. The minimum absolute atomic E-state index is 0.0240. The standard InChI is InChI=1S/C13H14O4/c1-2-16-13(15)6-10-8-17-12-5-9(7-14)3-4-11(10)12/h3-5,8,14H,2,6-7H2,1H3. The topological polar surface area (TPSA) is 59.7 Å². The first kappa shape index (κ1) is 11.7. The van der Waals surface area contributed by atoms with Crippen molar-refractivity contribution in [2.24, 2.45) is 0 Å². The van der Waals surface area contributed by atoms with E-state index < -0.39 is 0 Å². The number of aliphatic hydroxyl groups is 1. The molecule has 0 aliphatic carbocycles. The fourth-order valence-electron chi connectivity index (χ4n) is 1.73. The highest BCUT2D eigenvalue weighted by molar-refractivity contribution is 5.86. The summed E-state index contributed by atoms with van der Waals surface area (Å²) in [6.07, 6.45) is 1.77. The number of benzene rings is 1. The molecule has 2 aromatic rings. The Labute approximate surface area is 98.8 Å². The highest BCUT2D eigenvalue weighted by atomic mass is 16.5. The Hall–Kier alpha value is -1.81. The van der Waals surface area contributed by atoms with Gasteiger partial charge < -0.3 is 14.3 Å². The fraction of sp³-hybridized carbons (Fsp3) is 0.308. The number of hydrogen-bond donors (Lipinski definition) is 1. The van der Waals surface area contributed by atoms with E-state index in [1.54, 1.807) is 19.3 Å².